The predicted molar refractivity (Wildman–Crippen MR) is 80.8 cm³/mol. The van der Waals surface area contributed by atoms with E-state index in [0.717, 1.165) is 37.9 Å². The number of carbonyl (C=O) groups excluding carboxylic acids is 2. The van der Waals surface area contributed by atoms with Crippen LogP contribution in [0.5, 0.6) is 0 Å². The molecule has 1 aromatic rings. The largest absolute Gasteiger partial charge is 0.349 e. The van der Waals surface area contributed by atoms with Crippen LogP contribution in [0.25, 0.3) is 0 Å². The van der Waals surface area contributed by atoms with Gasteiger partial charge in [0.15, 0.2) is 0 Å². The van der Waals surface area contributed by atoms with Gasteiger partial charge in [-0.2, -0.15) is 11.3 Å². The number of rotatable bonds is 4. The fourth-order valence-corrected chi connectivity index (χ4v) is 3.03. The van der Waals surface area contributed by atoms with Gasteiger partial charge < -0.3 is 10.2 Å². The second kappa shape index (κ2) is 6.88. The molecule has 1 atom stereocenters. The second-order valence-corrected chi connectivity index (χ2v) is 6.17. The van der Waals surface area contributed by atoms with E-state index in [1.807, 2.05) is 35.6 Å². The van der Waals surface area contributed by atoms with Crippen molar-refractivity contribution >= 4 is 23.2 Å². The van der Waals surface area contributed by atoms with Crippen molar-refractivity contribution in [2.75, 3.05) is 13.1 Å². The summed E-state index contributed by atoms with van der Waals surface area (Å²) >= 11 is 1.53. The van der Waals surface area contributed by atoms with Crippen molar-refractivity contribution < 1.29 is 9.59 Å². The molecule has 5 heteroatoms. The number of nitrogens with zero attached hydrogens (tertiary/aromatic N) is 1. The Balaban J connectivity index is 1.80. The van der Waals surface area contributed by atoms with Gasteiger partial charge in [-0.1, -0.05) is 13.8 Å². The van der Waals surface area contributed by atoms with E-state index in [9.17, 15) is 9.59 Å². The predicted octanol–water partition coefficient (Wildman–Crippen LogP) is 2.52. The molecule has 0 saturated carbocycles. The van der Waals surface area contributed by atoms with Gasteiger partial charge in [0.2, 0.25) is 5.91 Å². The lowest BCUT2D eigenvalue weighted by Crippen LogP contribution is -2.47. The Bertz CT molecular complexity index is 450. The summed E-state index contributed by atoms with van der Waals surface area (Å²) in [4.78, 5) is 26.0. The number of carbonyl (C=O) groups is 2. The van der Waals surface area contributed by atoms with Gasteiger partial charge in [0.25, 0.3) is 5.91 Å². The molecule has 2 amide bonds. The topological polar surface area (TPSA) is 49.4 Å². The van der Waals surface area contributed by atoms with Gasteiger partial charge in [-0.05, 0) is 30.7 Å². The molecule has 4 nitrogen and oxygen atoms in total. The molecule has 0 aromatic carbocycles. The van der Waals surface area contributed by atoms with Crippen LogP contribution < -0.4 is 5.32 Å². The van der Waals surface area contributed by atoms with Gasteiger partial charge in [0.1, 0.15) is 0 Å². The molecule has 2 heterocycles. The molecular weight excluding hydrogens is 272 g/mol. The number of hydrogen-bond acceptors (Lipinski definition) is 3. The summed E-state index contributed by atoms with van der Waals surface area (Å²) in [7, 11) is 0. The van der Waals surface area contributed by atoms with Crippen molar-refractivity contribution in [3.8, 4) is 0 Å². The molecule has 1 saturated heterocycles. The van der Waals surface area contributed by atoms with Crippen molar-refractivity contribution in [1.82, 2.24) is 10.2 Å². The molecule has 2 rings (SSSR count). The number of hydrogen-bond donors (Lipinski definition) is 1. The van der Waals surface area contributed by atoms with E-state index in [1.165, 1.54) is 11.3 Å². The molecule has 0 spiro atoms. The zero-order chi connectivity index (χ0) is 14.5. The maximum Gasteiger partial charge on any atom is 0.252 e. The maximum absolute atomic E-state index is 12.1. The lowest BCUT2D eigenvalue weighted by Gasteiger charge is -2.33. The van der Waals surface area contributed by atoms with Crippen molar-refractivity contribution in [2.24, 2.45) is 5.92 Å². The van der Waals surface area contributed by atoms with Gasteiger partial charge in [0.05, 0.1) is 0 Å². The average molecular weight is 294 g/mol. The standard InChI is InChI=1S/C15H22N2O2S/c1-3-11(2)15(19)17-7-4-13(5-8-17)16-14(18)12-6-9-20-10-12/h6,9-11,13H,3-5,7-8H2,1-2H3,(H,16,18)/t11-/m1/s1. The molecular formula is C15H22N2O2S. The van der Waals surface area contributed by atoms with Crippen molar-refractivity contribution in [3.63, 3.8) is 0 Å². The van der Waals surface area contributed by atoms with Gasteiger partial charge in [0, 0.05) is 36.0 Å². The molecule has 0 aliphatic carbocycles. The zero-order valence-electron chi connectivity index (χ0n) is 12.1. The molecule has 110 valence electrons. The first-order chi connectivity index (χ1) is 9.61. The van der Waals surface area contributed by atoms with Gasteiger partial charge in [-0.25, -0.2) is 0 Å². The minimum absolute atomic E-state index is 0.00190. The Morgan fingerprint density at radius 1 is 1.45 bits per heavy atom. The van der Waals surface area contributed by atoms with Gasteiger partial charge in [-0.3, -0.25) is 9.59 Å². The maximum atomic E-state index is 12.1. The summed E-state index contributed by atoms with van der Waals surface area (Å²) in [5.74, 6) is 0.347. The quantitative estimate of drug-likeness (QED) is 0.927. The molecule has 1 fully saturated rings. The molecule has 1 N–H and O–H groups in total. The van der Waals surface area contributed by atoms with E-state index in [0.29, 0.717) is 0 Å². The molecule has 0 radical (unpaired) electrons. The highest BCUT2D eigenvalue weighted by atomic mass is 32.1. The third-order valence-corrected chi connectivity index (χ3v) is 4.64. The summed E-state index contributed by atoms with van der Waals surface area (Å²) in [5, 5.41) is 6.82. The van der Waals surface area contributed by atoms with Crippen LogP contribution in [0.15, 0.2) is 16.8 Å². The Morgan fingerprint density at radius 2 is 2.15 bits per heavy atom. The van der Waals surface area contributed by atoms with Crippen molar-refractivity contribution in [3.05, 3.63) is 22.4 Å². The van der Waals surface area contributed by atoms with E-state index < -0.39 is 0 Å². The molecule has 20 heavy (non-hydrogen) atoms. The van der Waals surface area contributed by atoms with Crippen LogP contribution in [0.1, 0.15) is 43.5 Å². The third kappa shape index (κ3) is 3.60. The van der Waals surface area contributed by atoms with E-state index >= 15 is 0 Å². The summed E-state index contributed by atoms with van der Waals surface area (Å²) < 4.78 is 0. The average Bonchev–Trinajstić information content (AvgIpc) is 3.01. The zero-order valence-corrected chi connectivity index (χ0v) is 12.9. The van der Waals surface area contributed by atoms with Crippen LogP contribution in [-0.4, -0.2) is 35.8 Å². The monoisotopic (exact) mass is 294 g/mol. The summed E-state index contributed by atoms with van der Waals surface area (Å²) in [6.45, 7) is 5.51. The van der Waals surface area contributed by atoms with E-state index in [2.05, 4.69) is 5.32 Å². The van der Waals surface area contributed by atoms with E-state index in [-0.39, 0.29) is 23.8 Å². The highest BCUT2D eigenvalue weighted by Crippen LogP contribution is 2.15. The number of likely N-dealkylation sites (tertiary alicyclic amines) is 1. The first kappa shape index (κ1) is 15.0. The normalized spacial score (nSPS) is 17.8. The highest BCUT2D eigenvalue weighted by Gasteiger charge is 2.26. The smallest absolute Gasteiger partial charge is 0.252 e. The van der Waals surface area contributed by atoms with Crippen LogP contribution in [-0.2, 0) is 4.79 Å². The molecule has 1 aliphatic rings. The van der Waals surface area contributed by atoms with Gasteiger partial charge in [-0.15, -0.1) is 0 Å². The Morgan fingerprint density at radius 3 is 2.70 bits per heavy atom. The lowest BCUT2D eigenvalue weighted by molar-refractivity contribution is -0.136. The Kier molecular flexibility index (Phi) is 5.17. The number of nitrogens with one attached hydrogen (secondary N) is 1. The number of amides is 2. The Labute approximate surface area is 124 Å². The van der Waals surface area contributed by atoms with Crippen LogP contribution in [0, 0.1) is 5.92 Å². The van der Waals surface area contributed by atoms with E-state index in [4.69, 9.17) is 0 Å². The third-order valence-electron chi connectivity index (χ3n) is 3.96. The van der Waals surface area contributed by atoms with Crippen LogP contribution in [0.2, 0.25) is 0 Å². The van der Waals surface area contributed by atoms with Crippen LogP contribution in [0.3, 0.4) is 0 Å². The van der Waals surface area contributed by atoms with Crippen molar-refractivity contribution in [2.45, 2.75) is 39.2 Å². The lowest BCUT2D eigenvalue weighted by atomic mass is 10.0. The van der Waals surface area contributed by atoms with Crippen LogP contribution >= 0.6 is 11.3 Å². The second-order valence-electron chi connectivity index (χ2n) is 5.39. The number of thiophene rings is 1. The number of piperidine rings is 1. The van der Waals surface area contributed by atoms with Crippen LogP contribution in [0.4, 0.5) is 0 Å². The first-order valence-electron chi connectivity index (χ1n) is 7.23. The first-order valence-corrected chi connectivity index (χ1v) is 8.18. The molecule has 1 aromatic heterocycles. The fraction of sp³-hybridized carbons (Fsp3) is 0.600. The SMILES string of the molecule is CC[C@@H](C)C(=O)N1CCC(NC(=O)c2ccsc2)CC1. The summed E-state index contributed by atoms with van der Waals surface area (Å²) in [5.41, 5.74) is 0.730. The van der Waals surface area contributed by atoms with Crippen molar-refractivity contribution in [1.29, 1.82) is 0 Å². The minimum Gasteiger partial charge on any atom is -0.349 e. The highest BCUT2D eigenvalue weighted by molar-refractivity contribution is 7.08. The fourth-order valence-electron chi connectivity index (χ4n) is 2.39. The van der Waals surface area contributed by atoms with E-state index in [1.54, 1.807) is 0 Å². The molecule has 0 bridgehead atoms. The van der Waals surface area contributed by atoms with Gasteiger partial charge >= 0.3 is 0 Å². The molecule has 0 unspecified atom stereocenters. The molecule has 1 aliphatic heterocycles. The summed E-state index contributed by atoms with van der Waals surface area (Å²) in [6.07, 6.45) is 2.57. The Hall–Kier alpha value is -1.36. The summed E-state index contributed by atoms with van der Waals surface area (Å²) in [6, 6.07) is 2.02. The minimum atomic E-state index is -0.00190.